The normalized spacial score (nSPS) is 12.9. The van der Waals surface area contributed by atoms with Crippen LogP contribution in [0.15, 0.2) is 12.2 Å². The summed E-state index contributed by atoms with van der Waals surface area (Å²) in [6.07, 6.45) is 0.832. The molecule has 0 aliphatic carbocycles. The third kappa shape index (κ3) is 17.0. The van der Waals surface area contributed by atoms with Crippen LogP contribution in [-0.4, -0.2) is 66.8 Å². The molecule has 0 amide bonds. The Balaban J connectivity index is 3.89. The van der Waals surface area contributed by atoms with E-state index in [9.17, 15) is 4.79 Å². The number of carbonyl (C=O) groups excluding carboxylic acids is 1. The van der Waals surface area contributed by atoms with Crippen LogP contribution in [-0.2, 0) is 21.9 Å². The molecule has 0 saturated carbocycles. The van der Waals surface area contributed by atoms with E-state index in [0.717, 1.165) is 23.8 Å². The van der Waals surface area contributed by atoms with E-state index in [4.69, 9.17) is 17.1 Å². The van der Waals surface area contributed by atoms with Gasteiger partial charge in [-0.25, -0.2) is 4.79 Å². The summed E-state index contributed by atoms with van der Waals surface area (Å²) in [4.78, 5) is 11.3. The van der Waals surface area contributed by atoms with Gasteiger partial charge in [-0.05, 0) is 76.6 Å². The first kappa shape index (κ1) is 27.4. The van der Waals surface area contributed by atoms with Crippen molar-refractivity contribution in [2.45, 2.75) is 76.6 Å². The van der Waals surface area contributed by atoms with E-state index in [1.807, 2.05) is 0 Å². The molecule has 0 spiro atoms. The van der Waals surface area contributed by atoms with Gasteiger partial charge in [-0.15, -0.1) is 0 Å². The van der Waals surface area contributed by atoms with Crippen molar-refractivity contribution >= 4 is 60.2 Å². The minimum atomic E-state index is -1.69. The molecular weight excluding hydrogens is 441 g/mol. The Morgan fingerprint density at radius 3 is 1.81 bits per heavy atom. The van der Waals surface area contributed by atoms with Gasteiger partial charge in [0.15, 0.2) is 25.0 Å². The van der Waals surface area contributed by atoms with Crippen molar-refractivity contribution in [2.75, 3.05) is 6.61 Å². The summed E-state index contributed by atoms with van der Waals surface area (Å²) in [5.41, 5.74) is 2.57. The molecule has 11 heteroatoms. The van der Waals surface area contributed by atoms with Crippen LogP contribution in [0, 0.1) is 0 Å². The highest BCUT2D eigenvalue weighted by Gasteiger charge is 2.28. The number of ether oxygens (including phenoxy) is 1. The fraction of sp³-hybridized carbons (Fsp3) is 0.812. The van der Waals surface area contributed by atoms with Crippen molar-refractivity contribution < 1.29 is 21.9 Å². The lowest BCUT2D eigenvalue weighted by atomic mass is 10.4. The molecule has 154 valence electrons. The summed E-state index contributed by atoms with van der Waals surface area (Å²) in [7, 11) is -3.18. The van der Waals surface area contributed by atoms with E-state index >= 15 is 0 Å². The Kier molecular flexibility index (Phi) is 13.0. The van der Waals surface area contributed by atoms with Crippen LogP contribution in [0.3, 0.4) is 0 Å². The molecule has 0 aliphatic heterocycles. The highest BCUT2D eigenvalue weighted by molar-refractivity contribution is 6.86. The molecule has 27 heavy (non-hydrogen) atoms. The number of carbonyl (C=O) groups is 1. The second-order valence-electron chi connectivity index (χ2n) is 8.74. The minimum absolute atomic E-state index is 0.310. The van der Waals surface area contributed by atoms with Gasteiger partial charge in [-0.2, -0.15) is 0 Å². The number of hydrogen-bond acceptors (Lipinski definition) is 5. The first-order chi connectivity index (χ1) is 12.2. The Hall–Kier alpha value is 0.391. The lowest BCUT2D eigenvalue weighted by Gasteiger charge is -2.27. The van der Waals surface area contributed by atoms with E-state index in [1.165, 1.54) is 0 Å². The first-order valence-electron chi connectivity index (χ1n) is 9.29. The van der Waals surface area contributed by atoms with Crippen molar-refractivity contribution in [1.82, 2.24) is 0 Å². The fourth-order valence-corrected chi connectivity index (χ4v) is 13.7. The second kappa shape index (κ2) is 12.8. The second-order valence-corrected chi connectivity index (χ2v) is 26.7. The van der Waals surface area contributed by atoms with Crippen LogP contribution in [0.5, 0.6) is 0 Å². The summed E-state index contributed by atoms with van der Waals surface area (Å²) in [6.45, 7) is 21.4. The number of rotatable bonds is 15. The fourth-order valence-electron chi connectivity index (χ4n) is 1.58. The van der Waals surface area contributed by atoms with Gasteiger partial charge in [0.2, 0.25) is 29.3 Å². The SMILES string of the molecule is C=C(C)C(=O)OCCC[Si]O[Si](C)(C)C[Si]O[Si](C)(C)C[Si]O[Si](C)(C)C. The van der Waals surface area contributed by atoms with Gasteiger partial charge >= 0.3 is 5.97 Å². The summed E-state index contributed by atoms with van der Waals surface area (Å²) in [5.74, 6) is -0.310. The van der Waals surface area contributed by atoms with Gasteiger partial charge in [-0.3, -0.25) is 0 Å². The van der Waals surface area contributed by atoms with E-state index in [0.29, 0.717) is 41.5 Å². The Bertz CT molecular complexity index is 465. The van der Waals surface area contributed by atoms with Crippen LogP contribution < -0.4 is 0 Å². The van der Waals surface area contributed by atoms with Crippen molar-refractivity contribution in [3.05, 3.63) is 12.2 Å². The summed E-state index contributed by atoms with van der Waals surface area (Å²) < 4.78 is 23.5. The van der Waals surface area contributed by atoms with E-state index in [2.05, 4.69) is 52.4 Å². The maximum atomic E-state index is 11.3. The third-order valence-electron chi connectivity index (χ3n) is 3.08. The van der Waals surface area contributed by atoms with Gasteiger partial charge in [0, 0.05) is 5.57 Å². The molecule has 0 rings (SSSR count). The highest BCUT2D eigenvalue weighted by atomic mass is 28.4. The molecule has 6 radical (unpaired) electrons. The maximum absolute atomic E-state index is 11.3. The summed E-state index contributed by atoms with van der Waals surface area (Å²) in [6, 6.07) is 0.930. The highest BCUT2D eigenvalue weighted by Crippen LogP contribution is 2.15. The van der Waals surface area contributed by atoms with Crippen LogP contribution in [0.4, 0.5) is 0 Å². The van der Waals surface area contributed by atoms with Crippen LogP contribution in [0.2, 0.25) is 63.2 Å². The van der Waals surface area contributed by atoms with Gasteiger partial charge in [-0.1, -0.05) is 6.58 Å². The van der Waals surface area contributed by atoms with Crippen molar-refractivity contribution in [2.24, 2.45) is 0 Å². The van der Waals surface area contributed by atoms with Crippen LogP contribution in [0.25, 0.3) is 0 Å². The van der Waals surface area contributed by atoms with Crippen molar-refractivity contribution in [3.63, 3.8) is 0 Å². The first-order valence-corrected chi connectivity index (χ1v) is 22.3. The quantitative estimate of drug-likeness (QED) is 0.155. The van der Waals surface area contributed by atoms with Gasteiger partial charge in [0.05, 0.1) is 6.61 Å². The van der Waals surface area contributed by atoms with E-state index < -0.39 is 25.0 Å². The Morgan fingerprint density at radius 1 is 0.852 bits per heavy atom. The minimum Gasteiger partial charge on any atom is -0.462 e. The topological polar surface area (TPSA) is 54.0 Å². The summed E-state index contributed by atoms with van der Waals surface area (Å²) in [5, 5.41) is 0. The average Bonchev–Trinajstić information content (AvgIpc) is 2.48. The molecule has 0 aliphatic rings. The van der Waals surface area contributed by atoms with Crippen LogP contribution >= 0.6 is 0 Å². The third-order valence-corrected chi connectivity index (χ3v) is 20.2. The number of esters is 1. The standard InChI is InChI=1S/C16H36O5Si6/c1-15(2)16(17)18-11-10-12-22-20-26(6,7)14-24-21-27(8,9)13-23-19-25(3,4)5/h1,10-14H2,2-9H3. The van der Waals surface area contributed by atoms with E-state index in [-0.39, 0.29) is 5.97 Å². The zero-order chi connectivity index (χ0) is 21.1. The molecular formula is C16H36O5Si6. The molecule has 0 N–H and O–H groups in total. The average molecular weight is 477 g/mol. The predicted octanol–water partition coefficient (Wildman–Crippen LogP) is 3.98. The van der Waals surface area contributed by atoms with E-state index in [1.54, 1.807) is 6.92 Å². The lowest BCUT2D eigenvalue weighted by molar-refractivity contribution is -0.138. The predicted molar refractivity (Wildman–Crippen MR) is 124 cm³/mol. The molecule has 0 aromatic heterocycles. The maximum Gasteiger partial charge on any atom is 0.333 e. The molecule has 0 aromatic rings. The zero-order valence-electron chi connectivity index (χ0n) is 18.3. The smallest absolute Gasteiger partial charge is 0.333 e. The molecule has 0 atom stereocenters. The summed E-state index contributed by atoms with van der Waals surface area (Å²) >= 11 is 0. The zero-order valence-corrected chi connectivity index (χ0v) is 24.3. The molecule has 0 unspecified atom stereocenters. The van der Waals surface area contributed by atoms with Gasteiger partial charge in [0.1, 0.15) is 0 Å². The Morgan fingerprint density at radius 2 is 1.33 bits per heavy atom. The molecule has 0 saturated heterocycles. The van der Waals surface area contributed by atoms with Crippen LogP contribution in [0.1, 0.15) is 13.3 Å². The lowest BCUT2D eigenvalue weighted by Crippen LogP contribution is -2.40. The van der Waals surface area contributed by atoms with Gasteiger partial charge in [0.25, 0.3) is 0 Å². The monoisotopic (exact) mass is 476 g/mol. The largest absolute Gasteiger partial charge is 0.462 e. The van der Waals surface area contributed by atoms with Crippen molar-refractivity contribution in [3.8, 4) is 0 Å². The Labute approximate surface area is 177 Å². The number of hydrogen-bond donors (Lipinski definition) is 0. The van der Waals surface area contributed by atoms with Gasteiger partial charge < -0.3 is 17.1 Å². The molecule has 5 nitrogen and oxygen atoms in total. The molecule has 0 aromatic carbocycles. The van der Waals surface area contributed by atoms with Crippen molar-refractivity contribution in [1.29, 1.82) is 0 Å². The molecule has 0 heterocycles. The molecule has 0 bridgehead atoms. The molecule has 0 fully saturated rings.